The van der Waals surface area contributed by atoms with Crippen LogP contribution >= 0.6 is 0 Å². The minimum absolute atomic E-state index is 0.0706. The third kappa shape index (κ3) is 3.55. The van der Waals surface area contributed by atoms with E-state index < -0.39 is 0 Å². The van der Waals surface area contributed by atoms with E-state index in [4.69, 9.17) is 0 Å². The second kappa shape index (κ2) is 6.35. The number of benzene rings is 2. The highest BCUT2D eigenvalue weighted by Gasteiger charge is 2.23. The SMILES string of the molecule is C=CC[C@@](C)(NCc1ccccc1)c1ccccc1. The minimum atomic E-state index is -0.0706. The first-order valence-electron chi connectivity index (χ1n) is 6.70. The van der Waals surface area contributed by atoms with Crippen LogP contribution in [0.3, 0.4) is 0 Å². The summed E-state index contributed by atoms with van der Waals surface area (Å²) in [6.45, 7) is 6.98. The molecular weight excluding hydrogens is 230 g/mol. The van der Waals surface area contributed by atoms with E-state index in [0.717, 1.165) is 13.0 Å². The van der Waals surface area contributed by atoms with Gasteiger partial charge < -0.3 is 5.32 Å². The van der Waals surface area contributed by atoms with Gasteiger partial charge in [-0.25, -0.2) is 0 Å². The molecule has 0 fully saturated rings. The molecule has 0 spiro atoms. The van der Waals surface area contributed by atoms with Crippen LogP contribution in [0.5, 0.6) is 0 Å². The number of hydrogen-bond acceptors (Lipinski definition) is 1. The quantitative estimate of drug-likeness (QED) is 0.756. The van der Waals surface area contributed by atoms with Gasteiger partial charge in [-0.2, -0.15) is 0 Å². The Balaban J connectivity index is 2.14. The van der Waals surface area contributed by atoms with E-state index >= 15 is 0 Å². The highest BCUT2D eigenvalue weighted by molar-refractivity contribution is 5.25. The van der Waals surface area contributed by atoms with Crippen molar-refractivity contribution < 1.29 is 0 Å². The molecule has 0 aliphatic rings. The third-order valence-corrected chi connectivity index (χ3v) is 3.49. The Morgan fingerprint density at radius 3 is 2.16 bits per heavy atom. The highest BCUT2D eigenvalue weighted by Crippen LogP contribution is 2.25. The van der Waals surface area contributed by atoms with Crippen molar-refractivity contribution in [3.05, 3.63) is 84.4 Å². The lowest BCUT2D eigenvalue weighted by atomic mass is 9.88. The molecule has 98 valence electrons. The number of nitrogens with one attached hydrogen (secondary N) is 1. The highest BCUT2D eigenvalue weighted by atomic mass is 15.0. The Morgan fingerprint density at radius 2 is 1.58 bits per heavy atom. The first-order chi connectivity index (χ1) is 9.24. The topological polar surface area (TPSA) is 12.0 Å². The van der Waals surface area contributed by atoms with Gasteiger partial charge in [0.05, 0.1) is 0 Å². The molecule has 0 saturated carbocycles. The van der Waals surface area contributed by atoms with Gasteiger partial charge in [-0.1, -0.05) is 66.7 Å². The molecule has 1 atom stereocenters. The molecule has 0 saturated heterocycles. The summed E-state index contributed by atoms with van der Waals surface area (Å²) in [6, 6.07) is 21.0. The van der Waals surface area contributed by atoms with Crippen molar-refractivity contribution in [2.24, 2.45) is 0 Å². The van der Waals surface area contributed by atoms with Crippen molar-refractivity contribution in [2.45, 2.75) is 25.4 Å². The van der Waals surface area contributed by atoms with Crippen LogP contribution in [0.4, 0.5) is 0 Å². The van der Waals surface area contributed by atoms with Gasteiger partial charge in [-0.05, 0) is 24.5 Å². The van der Waals surface area contributed by atoms with Gasteiger partial charge in [0.25, 0.3) is 0 Å². The molecule has 2 rings (SSSR count). The fraction of sp³-hybridized carbons (Fsp3) is 0.222. The zero-order valence-electron chi connectivity index (χ0n) is 11.5. The average Bonchev–Trinajstić information content (AvgIpc) is 2.48. The molecule has 0 aliphatic heterocycles. The smallest absolute Gasteiger partial charge is 0.0443 e. The van der Waals surface area contributed by atoms with Gasteiger partial charge in [0, 0.05) is 12.1 Å². The summed E-state index contributed by atoms with van der Waals surface area (Å²) in [6.07, 6.45) is 2.88. The lowest BCUT2D eigenvalue weighted by Gasteiger charge is -2.31. The Hall–Kier alpha value is -1.86. The zero-order chi connectivity index (χ0) is 13.6. The molecule has 1 nitrogen and oxygen atoms in total. The Kier molecular flexibility index (Phi) is 4.53. The van der Waals surface area contributed by atoms with Crippen LogP contribution in [0.1, 0.15) is 24.5 Å². The second-order valence-corrected chi connectivity index (χ2v) is 5.03. The molecule has 0 amide bonds. The summed E-state index contributed by atoms with van der Waals surface area (Å²) >= 11 is 0. The maximum absolute atomic E-state index is 3.89. The molecule has 0 radical (unpaired) electrons. The molecular formula is C18H21N. The van der Waals surface area contributed by atoms with Crippen LogP contribution < -0.4 is 5.32 Å². The van der Waals surface area contributed by atoms with Crippen molar-refractivity contribution in [1.29, 1.82) is 0 Å². The fourth-order valence-corrected chi connectivity index (χ4v) is 2.28. The molecule has 0 unspecified atom stereocenters. The van der Waals surface area contributed by atoms with E-state index in [1.165, 1.54) is 11.1 Å². The van der Waals surface area contributed by atoms with Crippen molar-refractivity contribution >= 4 is 0 Å². The monoisotopic (exact) mass is 251 g/mol. The maximum Gasteiger partial charge on any atom is 0.0443 e. The van der Waals surface area contributed by atoms with E-state index in [2.05, 4.69) is 73.4 Å². The predicted octanol–water partition coefficient (Wildman–Crippen LogP) is 4.27. The zero-order valence-corrected chi connectivity index (χ0v) is 11.5. The molecule has 0 aliphatic carbocycles. The van der Waals surface area contributed by atoms with Crippen LogP contribution in [0.25, 0.3) is 0 Å². The fourth-order valence-electron chi connectivity index (χ4n) is 2.28. The van der Waals surface area contributed by atoms with Crippen LogP contribution in [-0.4, -0.2) is 0 Å². The molecule has 19 heavy (non-hydrogen) atoms. The van der Waals surface area contributed by atoms with Gasteiger partial charge >= 0.3 is 0 Å². The maximum atomic E-state index is 3.89. The lowest BCUT2D eigenvalue weighted by Crippen LogP contribution is -2.38. The van der Waals surface area contributed by atoms with Gasteiger partial charge in [0.2, 0.25) is 0 Å². The molecule has 0 aromatic heterocycles. The van der Waals surface area contributed by atoms with Crippen molar-refractivity contribution in [3.8, 4) is 0 Å². The summed E-state index contributed by atoms with van der Waals surface area (Å²) < 4.78 is 0. The molecule has 1 heteroatoms. The van der Waals surface area contributed by atoms with E-state index in [-0.39, 0.29) is 5.54 Å². The molecule has 2 aromatic carbocycles. The van der Waals surface area contributed by atoms with Crippen LogP contribution in [0.15, 0.2) is 73.3 Å². The van der Waals surface area contributed by atoms with Crippen molar-refractivity contribution in [1.82, 2.24) is 5.32 Å². The first-order valence-corrected chi connectivity index (χ1v) is 6.70. The Morgan fingerprint density at radius 1 is 1.00 bits per heavy atom. The summed E-state index contributed by atoms with van der Waals surface area (Å²) in [5.41, 5.74) is 2.53. The van der Waals surface area contributed by atoms with E-state index in [9.17, 15) is 0 Å². The standard InChI is InChI=1S/C18H21N/c1-3-14-18(2,17-12-8-5-9-13-17)19-15-16-10-6-4-7-11-16/h3-13,19H,1,14-15H2,2H3/t18-/m1/s1. The average molecular weight is 251 g/mol. The Bertz CT molecular complexity index is 504. The van der Waals surface area contributed by atoms with Gasteiger partial charge in [0.15, 0.2) is 0 Å². The van der Waals surface area contributed by atoms with Gasteiger partial charge in [-0.3, -0.25) is 0 Å². The van der Waals surface area contributed by atoms with Gasteiger partial charge in [-0.15, -0.1) is 6.58 Å². The van der Waals surface area contributed by atoms with Crippen molar-refractivity contribution in [3.63, 3.8) is 0 Å². The largest absolute Gasteiger partial charge is 0.303 e. The van der Waals surface area contributed by atoms with Crippen LogP contribution in [0.2, 0.25) is 0 Å². The van der Waals surface area contributed by atoms with E-state index in [0.29, 0.717) is 0 Å². The normalized spacial score (nSPS) is 13.7. The van der Waals surface area contributed by atoms with Crippen molar-refractivity contribution in [2.75, 3.05) is 0 Å². The molecule has 2 aromatic rings. The first kappa shape index (κ1) is 13.6. The Labute approximate surface area is 116 Å². The summed E-state index contributed by atoms with van der Waals surface area (Å²) in [4.78, 5) is 0. The third-order valence-electron chi connectivity index (χ3n) is 3.49. The second-order valence-electron chi connectivity index (χ2n) is 5.03. The number of hydrogen-bond donors (Lipinski definition) is 1. The van der Waals surface area contributed by atoms with E-state index in [1.807, 2.05) is 12.1 Å². The van der Waals surface area contributed by atoms with Gasteiger partial charge in [0.1, 0.15) is 0 Å². The molecule has 0 bridgehead atoms. The molecule has 1 N–H and O–H groups in total. The summed E-state index contributed by atoms with van der Waals surface area (Å²) in [7, 11) is 0. The predicted molar refractivity (Wildman–Crippen MR) is 81.9 cm³/mol. The van der Waals surface area contributed by atoms with E-state index in [1.54, 1.807) is 0 Å². The van der Waals surface area contributed by atoms with Crippen LogP contribution in [0, 0.1) is 0 Å². The summed E-state index contributed by atoms with van der Waals surface area (Å²) in [5.74, 6) is 0. The molecule has 0 heterocycles. The number of rotatable bonds is 6. The minimum Gasteiger partial charge on any atom is -0.303 e. The summed E-state index contributed by atoms with van der Waals surface area (Å²) in [5, 5.41) is 3.66. The lowest BCUT2D eigenvalue weighted by molar-refractivity contribution is 0.367. The van der Waals surface area contributed by atoms with Crippen LogP contribution in [-0.2, 0) is 12.1 Å².